The van der Waals surface area contributed by atoms with Gasteiger partial charge >= 0.3 is 5.97 Å². The van der Waals surface area contributed by atoms with Gasteiger partial charge in [0.15, 0.2) is 0 Å². The molecule has 4 atom stereocenters. The first-order chi connectivity index (χ1) is 11.2. The van der Waals surface area contributed by atoms with Crippen LogP contribution in [0.1, 0.15) is 92.4 Å². The lowest BCUT2D eigenvalue weighted by molar-refractivity contribution is -0.193. The standard InChI is InChI=1S/C22H36O2/c1-6-7-9-16-10-11-18-21(4)14-8-13-20(2,3)17(21)12-15-22(18,5)24-19(16)23/h10,17-18H,6-9,11-15H2,1-5H3/t17?,18?,21-,22+/m0/s1. The highest BCUT2D eigenvalue weighted by Gasteiger charge is 2.59. The van der Waals surface area contributed by atoms with Gasteiger partial charge in [-0.15, -0.1) is 0 Å². The van der Waals surface area contributed by atoms with E-state index in [1.54, 1.807) is 0 Å². The van der Waals surface area contributed by atoms with E-state index in [0.717, 1.165) is 43.6 Å². The highest BCUT2D eigenvalue weighted by atomic mass is 16.6. The molecule has 0 amide bonds. The number of allylic oxidation sites excluding steroid dienone is 1. The van der Waals surface area contributed by atoms with Gasteiger partial charge in [-0.1, -0.05) is 46.6 Å². The Labute approximate surface area is 148 Å². The third kappa shape index (κ3) is 2.84. The summed E-state index contributed by atoms with van der Waals surface area (Å²) in [4.78, 5) is 12.7. The van der Waals surface area contributed by atoms with Gasteiger partial charge in [-0.3, -0.25) is 0 Å². The monoisotopic (exact) mass is 332 g/mol. The first kappa shape index (κ1) is 18.0. The van der Waals surface area contributed by atoms with Gasteiger partial charge in [0.25, 0.3) is 0 Å². The number of fused-ring (bicyclic) bond motifs is 3. The zero-order valence-corrected chi connectivity index (χ0v) is 16.4. The summed E-state index contributed by atoms with van der Waals surface area (Å²) in [6.07, 6.45) is 12.5. The van der Waals surface area contributed by atoms with Gasteiger partial charge in [0.05, 0.1) is 0 Å². The van der Waals surface area contributed by atoms with Crippen LogP contribution < -0.4 is 0 Å². The molecule has 2 saturated carbocycles. The Hall–Kier alpha value is -0.790. The van der Waals surface area contributed by atoms with E-state index in [2.05, 4.69) is 40.7 Å². The van der Waals surface area contributed by atoms with E-state index >= 15 is 0 Å². The zero-order valence-electron chi connectivity index (χ0n) is 16.4. The molecule has 2 nitrogen and oxygen atoms in total. The van der Waals surface area contributed by atoms with Gasteiger partial charge in [0.1, 0.15) is 5.60 Å². The van der Waals surface area contributed by atoms with Crippen LogP contribution in [0.15, 0.2) is 11.6 Å². The maximum atomic E-state index is 12.7. The molecule has 1 aliphatic heterocycles. The van der Waals surface area contributed by atoms with Crippen LogP contribution in [0.5, 0.6) is 0 Å². The molecule has 24 heavy (non-hydrogen) atoms. The summed E-state index contributed by atoms with van der Waals surface area (Å²) in [5, 5.41) is 0. The van der Waals surface area contributed by atoms with Crippen molar-refractivity contribution in [3.05, 3.63) is 11.6 Å². The van der Waals surface area contributed by atoms with Crippen molar-refractivity contribution in [3.63, 3.8) is 0 Å². The molecule has 0 aromatic carbocycles. The Bertz CT molecular complexity index is 532. The lowest BCUT2D eigenvalue weighted by Crippen LogP contribution is -2.58. The number of carbonyl (C=O) groups is 1. The smallest absolute Gasteiger partial charge is 0.334 e. The molecule has 2 fully saturated rings. The highest BCUT2D eigenvalue weighted by molar-refractivity contribution is 5.89. The van der Waals surface area contributed by atoms with E-state index in [-0.39, 0.29) is 11.6 Å². The Kier molecular flexibility index (Phi) is 4.64. The number of carbonyl (C=O) groups excluding carboxylic acids is 1. The summed E-state index contributed by atoms with van der Waals surface area (Å²) in [5.74, 6) is 1.18. The van der Waals surface area contributed by atoms with Crippen LogP contribution in [0.3, 0.4) is 0 Å². The van der Waals surface area contributed by atoms with Gasteiger partial charge in [0.2, 0.25) is 0 Å². The summed E-state index contributed by atoms with van der Waals surface area (Å²) >= 11 is 0. The van der Waals surface area contributed by atoms with E-state index < -0.39 is 0 Å². The average molecular weight is 333 g/mol. The molecule has 3 rings (SSSR count). The molecule has 2 unspecified atom stereocenters. The summed E-state index contributed by atoms with van der Waals surface area (Å²) in [5.41, 5.74) is 1.37. The quantitative estimate of drug-likeness (QED) is 0.588. The molecule has 0 radical (unpaired) electrons. The number of esters is 1. The fourth-order valence-corrected chi connectivity index (χ4v) is 6.44. The molecule has 3 aliphatic rings. The van der Waals surface area contributed by atoms with Crippen molar-refractivity contribution < 1.29 is 9.53 Å². The van der Waals surface area contributed by atoms with E-state index in [0.29, 0.717) is 16.7 Å². The second-order valence-corrected chi connectivity index (χ2v) is 9.76. The van der Waals surface area contributed by atoms with Gasteiger partial charge in [-0.2, -0.15) is 0 Å². The van der Waals surface area contributed by atoms with E-state index in [1.807, 2.05) is 0 Å². The lowest BCUT2D eigenvalue weighted by atomic mass is 9.45. The van der Waals surface area contributed by atoms with Gasteiger partial charge in [-0.05, 0) is 68.6 Å². The van der Waals surface area contributed by atoms with Crippen molar-refractivity contribution in [2.75, 3.05) is 0 Å². The Morgan fingerprint density at radius 1 is 1.12 bits per heavy atom. The number of hydrogen-bond donors (Lipinski definition) is 0. The minimum absolute atomic E-state index is 0.0365. The third-order valence-electron chi connectivity index (χ3n) is 7.73. The molecular weight excluding hydrogens is 296 g/mol. The maximum Gasteiger partial charge on any atom is 0.334 e. The Morgan fingerprint density at radius 2 is 1.88 bits per heavy atom. The second kappa shape index (κ2) is 6.18. The molecular formula is C22H36O2. The molecule has 2 aliphatic carbocycles. The summed E-state index contributed by atoms with van der Waals surface area (Å²) in [7, 11) is 0. The van der Waals surface area contributed by atoms with Gasteiger partial charge in [0, 0.05) is 11.5 Å². The van der Waals surface area contributed by atoms with E-state index in [1.165, 1.54) is 25.7 Å². The summed E-state index contributed by atoms with van der Waals surface area (Å²) in [6, 6.07) is 0. The van der Waals surface area contributed by atoms with Crippen molar-refractivity contribution in [1.29, 1.82) is 0 Å². The molecule has 136 valence electrons. The average Bonchev–Trinajstić information content (AvgIpc) is 2.60. The van der Waals surface area contributed by atoms with E-state index in [9.17, 15) is 4.79 Å². The van der Waals surface area contributed by atoms with Crippen molar-refractivity contribution in [1.82, 2.24) is 0 Å². The maximum absolute atomic E-state index is 12.7. The molecule has 0 bridgehead atoms. The number of unbranched alkanes of at least 4 members (excludes halogenated alkanes) is 1. The minimum atomic E-state index is -0.278. The second-order valence-electron chi connectivity index (χ2n) is 9.76. The zero-order chi connectivity index (χ0) is 17.6. The van der Waals surface area contributed by atoms with Crippen molar-refractivity contribution in [3.8, 4) is 0 Å². The fourth-order valence-electron chi connectivity index (χ4n) is 6.44. The molecule has 0 saturated heterocycles. The molecule has 0 aromatic heterocycles. The molecule has 0 N–H and O–H groups in total. The first-order valence-corrected chi connectivity index (χ1v) is 10.2. The van der Waals surface area contributed by atoms with Crippen molar-refractivity contribution in [2.24, 2.45) is 22.7 Å². The van der Waals surface area contributed by atoms with Crippen LogP contribution in [0.25, 0.3) is 0 Å². The normalized spacial score (nSPS) is 41.5. The van der Waals surface area contributed by atoms with Crippen molar-refractivity contribution >= 4 is 5.97 Å². The lowest BCUT2D eigenvalue weighted by Gasteiger charge is -2.61. The number of ether oxygens (including phenoxy) is 1. The predicted octanol–water partition coefficient (Wildman–Crippen LogP) is 6.05. The van der Waals surface area contributed by atoms with E-state index in [4.69, 9.17) is 4.74 Å². The van der Waals surface area contributed by atoms with Crippen LogP contribution in [0, 0.1) is 22.7 Å². The van der Waals surface area contributed by atoms with Crippen LogP contribution in [0.4, 0.5) is 0 Å². The summed E-state index contributed by atoms with van der Waals surface area (Å²) in [6.45, 7) is 11.8. The number of hydrogen-bond acceptors (Lipinski definition) is 2. The van der Waals surface area contributed by atoms with Crippen molar-refractivity contribution in [2.45, 2.75) is 98.0 Å². The van der Waals surface area contributed by atoms with Gasteiger partial charge in [-0.25, -0.2) is 4.79 Å². The minimum Gasteiger partial charge on any atom is -0.456 e. The molecule has 1 heterocycles. The Balaban J connectivity index is 1.92. The topological polar surface area (TPSA) is 26.3 Å². The molecule has 0 aromatic rings. The highest BCUT2D eigenvalue weighted by Crippen LogP contribution is 2.64. The van der Waals surface area contributed by atoms with Crippen LogP contribution in [-0.2, 0) is 9.53 Å². The summed E-state index contributed by atoms with van der Waals surface area (Å²) < 4.78 is 6.19. The number of rotatable bonds is 3. The van der Waals surface area contributed by atoms with Crippen LogP contribution in [-0.4, -0.2) is 11.6 Å². The first-order valence-electron chi connectivity index (χ1n) is 10.2. The largest absolute Gasteiger partial charge is 0.456 e. The third-order valence-corrected chi connectivity index (χ3v) is 7.73. The fraction of sp³-hybridized carbons (Fsp3) is 0.864. The van der Waals surface area contributed by atoms with Crippen LogP contribution in [0.2, 0.25) is 0 Å². The Morgan fingerprint density at radius 3 is 2.58 bits per heavy atom. The van der Waals surface area contributed by atoms with Crippen LogP contribution >= 0.6 is 0 Å². The van der Waals surface area contributed by atoms with Gasteiger partial charge < -0.3 is 4.74 Å². The SMILES string of the molecule is CCCCC1=CCC2[C@@]3(C)CCCC(C)(C)C3CC[C@@]2(C)OC1=O. The predicted molar refractivity (Wildman–Crippen MR) is 98.7 cm³/mol. The molecule has 0 spiro atoms. The molecule has 2 heteroatoms.